The maximum absolute atomic E-state index is 13.4. The van der Waals surface area contributed by atoms with Crippen molar-refractivity contribution in [1.29, 1.82) is 0 Å². The SMILES string of the molecule is CCC(C)(C(N)c1cc(F)ccc1Cl)N1CCCC1. The van der Waals surface area contributed by atoms with Crippen molar-refractivity contribution in [2.45, 2.75) is 44.7 Å². The van der Waals surface area contributed by atoms with Crippen LogP contribution in [0.2, 0.25) is 5.02 Å². The summed E-state index contributed by atoms with van der Waals surface area (Å²) in [6.07, 6.45) is 3.33. The highest BCUT2D eigenvalue weighted by molar-refractivity contribution is 6.31. The number of nitrogens with two attached hydrogens (primary N) is 1. The van der Waals surface area contributed by atoms with Crippen molar-refractivity contribution in [3.8, 4) is 0 Å². The number of hydrogen-bond donors (Lipinski definition) is 1. The Balaban J connectivity index is 2.34. The van der Waals surface area contributed by atoms with Gasteiger partial charge in [-0.1, -0.05) is 18.5 Å². The van der Waals surface area contributed by atoms with Gasteiger partial charge in [-0.15, -0.1) is 0 Å². The van der Waals surface area contributed by atoms with Crippen molar-refractivity contribution in [3.63, 3.8) is 0 Å². The average molecular weight is 285 g/mol. The van der Waals surface area contributed by atoms with E-state index >= 15 is 0 Å². The van der Waals surface area contributed by atoms with Crippen LogP contribution in [0.15, 0.2) is 18.2 Å². The third-order valence-electron chi connectivity index (χ3n) is 4.51. The number of halogens is 2. The Morgan fingerprint density at radius 1 is 1.42 bits per heavy atom. The molecule has 1 fully saturated rings. The molecule has 2 nitrogen and oxygen atoms in total. The Hall–Kier alpha value is -0.640. The van der Waals surface area contributed by atoms with Crippen LogP contribution in [0.25, 0.3) is 0 Å². The molecule has 2 unspecified atom stereocenters. The molecule has 2 N–H and O–H groups in total. The molecule has 19 heavy (non-hydrogen) atoms. The molecule has 0 spiro atoms. The van der Waals surface area contributed by atoms with E-state index in [2.05, 4.69) is 18.7 Å². The first-order chi connectivity index (χ1) is 8.99. The third kappa shape index (κ3) is 2.78. The smallest absolute Gasteiger partial charge is 0.123 e. The number of nitrogens with zero attached hydrogens (tertiary/aromatic N) is 1. The number of benzene rings is 1. The van der Waals surface area contributed by atoms with Crippen LogP contribution in [0.1, 0.15) is 44.7 Å². The second-order valence-corrected chi connectivity index (χ2v) is 5.96. The van der Waals surface area contributed by atoms with Gasteiger partial charge in [-0.2, -0.15) is 0 Å². The van der Waals surface area contributed by atoms with E-state index in [1.807, 2.05) is 0 Å². The van der Waals surface area contributed by atoms with Crippen molar-refractivity contribution >= 4 is 11.6 Å². The molecule has 1 aromatic rings. The van der Waals surface area contributed by atoms with Gasteiger partial charge in [0.25, 0.3) is 0 Å². The molecule has 1 aliphatic rings. The fourth-order valence-corrected chi connectivity index (χ4v) is 3.19. The zero-order chi connectivity index (χ0) is 14.0. The Labute approximate surface area is 119 Å². The van der Waals surface area contributed by atoms with E-state index in [4.69, 9.17) is 17.3 Å². The van der Waals surface area contributed by atoms with Crippen LogP contribution in [0.5, 0.6) is 0 Å². The predicted octanol–water partition coefficient (Wildman–Crippen LogP) is 3.74. The molecule has 0 bridgehead atoms. The fourth-order valence-electron chi connectivity index (χ4n) is 2.96. The van der Waals surface area contributed by atoms with Gasteiger partial charge in [-0.25, -0.2) is 4.39 Å². The topological polar surface area (TPSA) is 29.3 Å². The predicted molar refractivity (Wildman–Crippen MR) is 77.8 cm³/mol. The van der Waals surface area contributed by atoms with Crippen molar-refractivity contribution in [3.05, 3.63) is 34.6 Å². The molecule has 0 saturated carbocycles. The first-order valence-corrected chi connectivity index (χ1v) is 7.32. The fraction of sp³-hybridized carbons (Fsp3) is 0.600. The molecule has 0 aromatic heterocycles. The standard InChI is InChI=1S/C15H22ClFN2/c1-3-15(2,19-8-4-5-9-19)14(18)12-10-11(17)6-7-13(12)16/h6-7,10,14H,3-5,8-9,18H2,1-2H3. The largest absolute Gasteiger partial charge is 0.322 e. The van der Waals surface area contributed by atoms with Crippen molar-refractivity contribution in [1.82, 2.24) is 4.90 Å². The molecular weight excluding hydrogens is 263 g/mol. The minimum Gasteiger partial charge on any atom is -0.322 e. The third-order valence-corrected chi connectivity index (χ3v) is 4.85. The summed E-state index contributed by atoms with van der Waals surface area (Å²) in [6.45, 7) is 6.41. The summed E-state index contributed by atoms with van der Waals surface area (Å²) >= 11 is 6.20. The Bertz CT molecular complexity index is 446. The Morgan fingerprint density at radius 2 is 2.05 bits per heavy atom. The molecule has 1 saturated heterocycles. The molecule has 0 amide bonds. The lowest BCUT2D eigenvalue weighted by molar-refractivity contribution is 0.0999. The summed E-state index contributed by atoms with van der Waals surface area (Å²) in [4.78, 5) is 2.42. The van der Waals surface area contributed by atoms with Crippen molar-refractivity contribution < 1.29 is 4.39 Å². The summed E-state index contributed by atoms with van der Waals surface area (Å²) in [5, 5.41) is 0.549. The van der Waals surface area contributed by atoms with Gasteiger partial charge in [0, 0.05) is 16.6 Å². The van der Waals surface area contributed by atoms with Crippen LogP contribution in [0.4, 0.5) is 4.39 Å². The van der Waals surface area contributed by atoms with E-state index in [-0.39, 0.29) is 17.4 Å². The second kappa shape index (κ2) is 5.78. The number of likely N-dealkylation sites (tertiary alicyclic amines) is 1. The van der Waals surface area contributed by atoms with Crippen LogP contribution >= 0.6 is 11.6 Å². The first-order valence-electron chi connectivity index (χ1n) is 6.94. The molecule has 0 radical (unpaired) electrons. The van der Waals surface area contributed by atoms with Gasteiger partial charge in [-0.3, -0.25) is 4.90 Å². The highest BCUT2D eigenvalue weighted by atomic mass is 35.5. The summed E-state index contributed by atoms with van der Waals surface area (Å²) < 4.78 is 13.4. The first kappa shape index (κ1) is 14.8. The molecule has 1 aliphatic heterocycles. The van der Waals surface area contributed by atoms with E-state index in [0.29, 0.717) is 10.6 Å². The summed E-state index contributed by atoms with van der Waals surface area (Å²) in [6, 6.07) is 4.15. The van der Waals surface area contributed by atoms with Crippen molar-refractivity contribution in [2.75, 3.05) is 13.1 Å². The van der Waals surface area contributed by atoms with Crippen LogP contribution in [-0.4, -0.2) is 23.5 Å². The monoisotopic (exact) mass is 284 g/mol. The van der Waals surface area contributed by atoms with E-state index in [1.165, 1.54) is 25.0 Å². The van der Waals surface area contributed by atoms with E-state index < -0.39 is 0 Å². The molecule has 1 aromatic carbocycles. The highest BCUT2D eigenvalue weighted by Crippen LogP contribution is 2.37. The van der Waals surface area contributed by atoms with Gasteiger partial charge >= 0.3 is 0 Å². The minimum absolute atomic E-state index is 0.173. The molecule has 0 aliphatic carbocycles. The van der Waals surface area contributed by atoms with Gasteiger partial charge in [0.15, 0.2) is 0 Å². The summed E-state index contributed by atoms with van der Waals surface area (Å²) in [7, 11) is 0. The molecule has 106 valence electrons. The zero-order valence-corrected chi connectivity index (χ0v) is 12.4. The van der Waals surface area contributed by atoms with Crippen LogP contribution in [0, 0.1) is 5.82 Å². The normalized spacial score (nSPS) is 21.3. The van der Waals surface area contributed by atoms with Gasteiger partial charge in [-0.05, 0) is 63.0 Å². The van der Waals surface area contributed by atoms with Crippen molar-refractivity contribution in [2.24, 2.45) is 5.73 Å². The molecule has 1 heterocycles. The molecule has 4 heteroatoms. The van der Waals surface area contributed by atoms with Gasteiger partial charge in [0.1, 0.15) is 5.82 Å². The molecule has 2 atom stereocenters. The molecule has 2 rings (SSSR count). The van der Waals surface area contributed by atoms with E-state index in [1.54, 1.807) is 6.07 Å². The number of hydrogen-bond acceptors (Lipinski definition) is 2. The second-order valence-electron chi connectivity index (χ2n) is 5.55. The quantitative estimate of drug-likeness (QED) is 0.912. The van der Waals surface area contributed by atoms with E-state index in [9.17, 15) is 4.39 Å². The maximum Gasteiger partial charge on any atom is 0.123 e. The lowest BCUT2D eigenvalue weighted by Crippen LogP contribution is -2.51. The molecular formula is C15H22ClFN2. The highest BCUT2D eigenvalue weighted by Gasteiger charge is 2.39. The average Bonchev–Trinajstić information content (AvgIpc) is 2.94. The maximum atomic E-state index is 13.4. The van der Waals surface area contributed by atoms with Crippen LogP contribution in [-0.2, 0) is 0 Å². The van der Waals surface area contributed by atoms with Gasteiger partial charge in [0.2, 0.25) is 0 Å². The van der Waals surface area contributed by atoms with Gasteiger partial charge < -0.3 is 5.73 Å². The zero-order valence-electron chi connectivity index (χ0n) is 11.6. The number of rotatable bonds is 4. The minimum atomic E-state index is -0.283. The summed E-state index contributed by atoms with van der Waals surface area (Å²) in [5.74, 6) is -0.283. The Morgan fingerprint density at radius 3 is 2.63 bits per heavy atom. The lowest BCUT2D eigenvalue weighted by Gasteiger charge is -2.43. The van der Waals surface area contributed by atoms with Crippen LogP contribution < -0.4 is 5.73 Å². The Kier molecular flexibility index (Phi) is 4.49. The van der Waals surface area contributed by atoms with Gasteiger partial charge in [0.05, 0.1) is 0 Å². The van der Waals surface area contributed by atoms with E-state index in [0.717, 1.165) is 19.5 Å². The van der Waals surface area contributed by atoms with Crippen LogP contribution in [0.3, 0.4) is 0 Å². The lowest BCUT2D eigenvalue weighted by atomic mass is 9.83. The summed E-state index contributed by atoms with van der Waals surface area (Å²) in [5.41, 5.74) is 6.97.